The Morgan fingerprint density at radius 1 is 0.903 bits per heavy atom. The molecule has 0 saturated carbocycles. The van der Waals surface area contributed by atoms with E-state index in [9.17, 15) is 9.59 Å². The Labute approximate surface area is 186 Å². The Morgan fingerprint density at radius 2 is 1.55 bits per heavy atom. The molecule has 0 bridgehead atoms. The second-order valence-electron chi connectivity index (χ2n) is 7.40. The van der Waals surface area contributed by atoms with Gasteiger partial charge in [-0.05, 0) is 41.8 Å². The van der Waals surface area contributed by atoms with Gasteiger partial charge >= 0.3 is 0 Å². The molecule has 1 heterocycles. The lowest BCUT2D eigenvalue weighted by Crippen LogP contribution is -2.35. The normalized spacial score (nSPS) is 13.8. The van der Waals surface area contributed by atoms with Crippen LogP contribution in [0, 0.1) is 5.92 Å². The molecule has 2 amide bonds. The molecule has 31 heavy (non-hydrogen) atoms. The van der Waals surface area contributed by atoms with Crippen LogP contribution in [-0.2, 0) is 9.59 Å². The molecule has 2 aromatic carbocycles. The van der Waals surface area contributed by atoms with Gasteiger partial charge in [-0.3, -0.25) is 14.5 Å². The van der Waals surface area contributed by atoms with Crippen LogP contribution in [-0.4, -0.2) is 44.6 Å². The number of benzene rings is 2. The summed E-state index contributed by atoms with van der Waals surface area (Å²) in [7, 11) is 4.56. The fourth-order valence-electron chi connectivity index (χ4n) is 3.40. The highest BCUT2D eigenvalue weighted by molar-refractivity contribution is 6.36. The van der Waals surface area contributed by atoms with Crippen LogP contribution in [0.3, 0.4) is 0 Å². The summed E-state index contributed by atoms with van der Waals surface area (Å²) < 4.78 is 16.1. The van der Waals surface area contributed by atoms with Crippen LogP contribution in [0.4, 0.5) is 5.69 Å². The summed E-state index contributed by atoms with van der Waals surface area (Å²) in [4.78, 5) is 27.8. The van der Waals surface area contributed by atoms with Gasteiger partial charge in [0.15, 0.2) is 11.5 Å². The van der Waals surface area contributed by atoms with Gasteiger partial charge in [-0.2, -0.15) is 0 Å². The smallest absolute Gasteiger partial charge is 0.278 e. The number of nitrogens with one attached hydrogen (secondary N) is 1. The number of rotatable bonds is 8. The summed E-state index contributed by atoms with van der Waals surface area (Å²) in [6, 6.07) is 10.1. The minimum absolute atomic E-state index is 0.111. The van der Waals surface area contributed by atoms with Crippen LogP contribution in [0.25, 0.3) is 5.57 Å². The molecule has 0 unspecified atom stereocenters. The van der Waals surface area contributed by atoms with Crippen molar-refractivity contribution in [3.8, 4) is 17.2 Å². The molecule has 0 spiro atoms. The number of nitrogens with zero attached hydrogens (tertiary/aromatic N) is 1. The molecular formula is C23H25ClN2O5. The number of amides is 2. The van der Waals surface area contributed by atoms with Gasteiger partial charge in [0.2, 0.25) is 0 Å². The van der Waals surface area contributed by atoms with Crippen LogP contribution in [0.1, 0.15) is 19.4 Å². The average Bonchev–Trinajstić information content (AvgIpc) is 2.97. The Morgan fingerprint density at radius 3 is 2.16 bits per heavy atom. The number of carbonyl (C=O) groups excluding carboxylic acids is 2. The van der Waals surface area contributed by atoms with E-state index in [0.717, 1.165) is 0 Å². The highest BCUT2D eigenvalue weighted by atomic mass is 35.5. The van der Waals surface area contributed by atoms with Gasteiger partial charge in [0.25, 0.3) is 11.8 Å². The highest BCUT2D eigenvalue weighted by Crippen LogP contribution is 2.37. The third-order valence-corrected chi connectivity index (χ3v) is 5.04. The summed E-state index contributed by atoms with van der Waals surface area (Å²) in [6.07, 6.45) is 0. The van der Waals surface area contributed by atoms with Crippen molar-refractivity contribution >= 4 is 34.7 Å². The number of methoxy groups -OCH3 is 3. The van der Waals surface area contributed by atoms with Gasteiger partial charge in [-0.25, -0.2) is 0 Å². The van der Waals surface area contributed by atoms with Crippen molar-refractivity contribution < 1.29 is 23.8 Å². The molecule has 0 fully saturated rings. The number of imide groups is 1. The van der Waals surface area contributed by atoms with Gasteiger partial charge in [-0.1, -0.05) is 31.5 Å². The third kappa shape index (κ3) is 4.46. The Hall–Kier alpha value is -3.19. The molecule has 0 aromatic heterocycles. The molecule has 1 aliphatic heterocycles. The van der Waals surface area contributed by atoms with Gasteiger partial charge in [0.1, 0.15) is 11.4 Å². The number of carbonyl (C=O) groups is 2. The molecular weight excluding hydrogens is 420 g/mol. The maximum atomic E-state index is 13.3. The largest absolute Gasteiger partial charge is 0.495 e. The molecule has 0 atom stereocenters. The number of hydrogen-bond donors (Lipinski definition) is 1. The van der Waals surface area contributed by atoms with Crippen molar-refractivity contribution in [2.75, 3.05) is 33.2 Å². The van der Waals surface area contributed by atoms with Gasteiger partial charge < -0.3 is 19.5 Å². The van der Waals surface area contributed by atoms with E-state index in [1.165, 1.54) is 26.2 Å². The second kappa shape index (κ2) is 9.31. The zero-order chi connectivity index (χ0) is 22.7. The average molecular weight is 445 g/mol. The van der Waals surface area contributed by atoms with E-state index in [1.807, 2.05) is 13.8 Å². The molecule has 1 aliphatic rings. The second-order valence-corrected chi connectivity index (χ2v) is 7.84. The maximum Gasteiger partial charge on any atom is 0.278 e. The van der Waals surface area contributed by atoms with E-state index in [1.54, 1.807) is 36.4 Å². The molecule has 3 rings (SSSR count). The van der Waals surface area contributed by atoms with E-state index < -0.39 is 5.91 Å². The molecule has 0 saturated heterocycles. The first-order valence-corrected chi connectivity index (χ1v) is 10.1. The first kappa shape index (κ1) is 22.5. The van der Waals surface area contributed by atoms with E-state index >= 15 is 0 Å². The number of ether oxygens (including phenoxy) is 3. The number of hydrogen-bond acceptors (Lipinski definition) is 6. The zero-order valence-electron chi connectivity index (χ0n) is 18.1. The molecule has 0 aliphatic carbocycles. The summed E-state index contributed by atoms with van der Waals surface area (Å²) >= 11 is 6.14. The van der Waals surface area contributed by atoms with E-state index in [4.69, 9.17) is 25.8 Å². The van der Waals surface area contributed by atoms with E-state index in [0.29, 0.717) is 40.1 Å². The fraction of sp³-hybridized carbons (Fsp3) is 0.304. The molecule has 1 N–H and O–H groups in total. The first-order chi connectivity index (χ1) is 14.8. The predicted molar refractivity (Wildman–Crippen MR) is 120 cm³/mol. The molecule has 0 radical (unpaired) electrons. The lowest BCUT2D eigenvalue weighted by Gasteiger charge is -2.18. The van der Waals surface area contributed by atoms with Gasteiger partial charge in [0.05, 0.1) is 32.6 Å². The highest BCUT2D eigenvalue weighted by Gasteiger charge is 2.40. The summed E-state index contributed by atoms with van der Waals surface area (Å²) in [5, 5.41) is 3.55. The lowest BCUT2D eigenvalue weighted by atomic mass is 10.0. The van der Waals surface area contributed by atoms with Crippen molar-refractivity contribution in [2.45, 2.75) is 13.8 Å². The third-order valence-electron chi connectivity index (χ3n) is 4.81. The van der Waals surface area contributed by atoms with Crippen molar-refractivity contribution in [2.24, 2.45) is 5.92 Å². The van der Waals surface area contributed by atoms with Gasteiger partial charge in [-0.15, -0.1) is 0 Å². The van der Waals surface area contributed by atoms with Crippen LogP contribution in [0.15, 0.2) is 42.1 Å². The monoisotopic (exact) mass is 444 g/mol. The first-order valence-electron chi connectivity index (χ1n) is 9.74. The van der Waals surface area contributed by atoms with Gasteiger partial charge in [0, 0.05) is 11.6 Å². The standard InChI is InChI=1S/C23H25ClN2O5/c1-13(2)12-26-22(27)20(14-6-8-18(30-4)19(10-14)31-5)21(23(26)28)25-16-11-15(24)7-9-17(16)29-3/h6-11,13,25H,12H2,1-5H3. The summed E-state index contributed by atoms with van der Waals surface area (Å²) in [5.41, 5.74) is 1.41. The summed E-state index contributed by atoms with van der Waals surface area (Å²) in [6.45, 7) is 4.19. The maximum absolute atomic E-state index is 13.3. The molecule has 2 aromatic rings. The molecule has 8 heteroatoms. The Balaban J connectivity index is 2.16. The predicted octanol–water partition coefficient (Wildman–Crippen LogP) is 4.21. The van der Waals surface area contributed by atoms with Crippen LogP contribution < -0.4 is 19.5 Å². The number of halogens is 1. The minimum Gasteiger partial charge on any atom is -0.495 e. The quantitative estimate of drug-likeness (QED) is 0.614. The fourth-order valence-corrected chi connectivity index (χ4v) is 3.57. The van der Waals surface area contributed by atoms with Crippen molar-refractivity contribution in [3.63, 3.8) is 0 Å². The van der Waals surface area contributed by atoms with E-state index in [-0.39, 0.29) is 23.1 Å². The molecule has 164 valence electrons. The Kier molecular flexibility index (Phi) is 6.75. The summed E-state index contributed by atoms with van der Waals surface area (Å²) in [5.74, 6) is 0.786. The Bertz CT molecular complexity index is 1050. The van der Waals surface area contributed by atoms with Crippen LogP contribution >= 0.6 is 11.6 Å². The van der Waals surface area contributed by atoms with Crippen LogP contribution in [0.2, 0.25) is 5.02 Å². The van der Waals surface area contributed by atoms with Crippen molar-refractivity contribution in [1.82, 2.24) is 4.90 Å². The SMILES string of the molecule is COc1ccc(Cl)cc1NC1=C(c2ccc(OC)c(OC)c2)C(=O)N(CC(C)C)C1=O. The van der Waals surface area contributed by atoms with Crippen molar-refractivity contribution in [3.05, 3.63) is 52.7 Å². The minimum atomic E-state index is -0.412. The zero-order valence-corrected chi connectivity index (χ0v) is 18.9. The topological polar surface area (TPSA) is 77.1 Å². The lowest BCUT2D eigenvalue weighted by molar-refractivity contribution is -0.137. The number of anilines is 1. The van der Waals surface area contributed by atoms with E-state index in [2.05, 4.69) is 5.32 Å². The molecule has 7 nitrogen and oxygen atoms in total. The van der Waals surface area contributed by atoms with Crippen molar-refractivity contribution in [1.29, 1.82) is 0 Å². The van der Waals surface area contributed by atoms with Crippen LogP contribution in [0.5, 0.6) is 17.2 Å².